The minimum Gasteiger partial charge on any atom is -0.355 e. The van der Waals surface area contributed by atoms with Gasteiger partial charge in [-0.3, -0.25) is 9.69 Å². The molecule has 1 atom stereocenters. The number of amides is 1. The lowest BCUT2D eigenvalue weighted by Crippen LogP contribution is -2.43. The summed E-state index contributed by atoms with van der Waals surface area (Å²) in [6, 6.07) is 17.2. The van der Waals surface area contributed by atoms with E-state index in [1.165, 1.54) is 22.3 Å². The molecule has 1 amide bonds. The van der Waals surface area contributed by atoms with E-state index in [0.29, 0.717) is 0 Å². The molecule has 0 radical (unpaired) electrons. The third kappa shape index (κ3) is 6.39. The molecule has 3 nitrogen and oxygen atoms in total. The van der Waals surface area contributed by atoms with E-state index in [9.17, 15) is 4.79 Å². The lowest BCUT2D eigenvalue weighted by Gasteiger charge is -2.32. The molecule has 0 saturated carbocycles. The lowest BCUT2D eigenvalue weighted by molar-refractivity contribution is -0.126. The first-order valence-corrected chi connectivity index (χ1v) is 11.4. The van der Waals surface area contributed by atoms with Crippen LogP contribution >= 0.6 is 11.8 Å². The fraction of sp³-hybridized carbons (Fsp3) is 0.458. The van der Waals surface area contributed by atoms with Crippen molar-refractivity contribution in [1.29, 1.82) is 0 Å². The number of piperidine rings is 1. The second-order valence-electron chi connectivity index (χ2n) is 7.83. The Balaban J connectivity index is 1.36. The molecule has 1 saturated heterocycles. The van der Waals surface area contributed by atoms with E-state index in [1.807, 2.05) is 11.8 Å². The molecule has 1 fully saturated rings. The standard InChI is InChI=1S/C24H32N2OS/c1-19-9-11-21(12-10-19)18-28-15-13-25-24(27)23-8-5-14-26(17-23)16-22-7-4-3-6-20(22)2/h3-4,6-7,9-12,23H,5,8,13-18H2,1-2H3,(H,25,27). The SMILES string of the molecule is Cc1ccc(CSCCNC(=O)C2CCCN(Cc3ccccc3C)C2)cc1. The van der Waals surface area contributed by atoms with Crippen LogP contribution < -0.4 is 5.32 Å². The highest BCUT2D eigenvalue weighted by Crippen LogP contribution is 2.20. The highest BCUT2D eigenvalue weighted by molar-refractivity contribution is 7.98. The number of likely N-dealkylation sites (tertiary alicyclic amines) is 1. The zero-order valence-electron chi connectivity index (χ0n) is 17.1. The molecule has 1 aliphatic heterocycles. The summed E-state index contributed by atoms with van der Waals surface area (Å²) in [5, 5.41) is 3.16. The molecule has 3 rings (SSSR count). The molecule has 1 unspecified atom stereocenters. The van der Waals surface area contributed by atoms with Crippen LogP contribution in [-0.4, -0.2) is 36.2 Å². The minimum atomic E-state index is 0.125. The second-order valence-corrected chi connectivity index (χ2v) is 8.94. The van der Waals surface area contributed by atoms with Crippen molar-refractivity contribution >= 4 is 17.7 Å². The third-order valence-corrected chi connectivity index (χ3v) is 6.50. The number of carbonyl (C=O) groups is 1. The highest BCUT2D eigenvalue weighted by Gasteiger charge is 2.25. The molecule has 4 heteroatoms. The number of carbonyl (C=O) groups excluding carboxylic acids is 1. The van der Waals surface area contributed by atoms with Crippen molar-refractivity contribution in [2.75, 3.05) is 25.4 Å². The zero-order chi connectivity index (χ0) is 19.8. The van der Waals surface area contributed by atoms with Gasteiger partial charge in [0.15, 0.2) is 0 Å². The van der Waals surface area contributed by atoms with Gasteiger partial charge in [-0.25, -0.2) is 0 Å². The van der Waals surface area contributed by atoms with Crippen molar-refractivity contribution in [3.63, 3.8) is 0 Å². The highest BCUT2D eigenvalue weighted by atomic mass is 32.2. The molecule has 1 heterocycles. The van der Waals surface area contributed by atoms with Crippen LogP contribution in [0.1, 0.15) is 35.1 Å². The van der Waals surface area contributed by atoms with Crippen LogP contribution in [0.15, 0.2) is 48.5 Å². The Morgan fingerprint density at radius 1 is 1.14 bits per heavy atom. The van der Waals surface area contributed by atoms with Gasteiger partial charge in [-0.1, -0.05) is 54.1 Å². The van der Waals surface area contributed by atoms with Gasteiger partial charge >= 0.3 is 0 Å². The summed E-state index contributed by atoms with van der Waals surface area (Å²) in [6.45, 7) is 7.94. The van der Waals surface area contributed by atoms with E-state index in [1.54, 1.807) is 0 Å². The third-order valence-electron chi connectivity index (χ3n) is 5.47. The molecular weight excluding hydrogens is 364 g/mol. The van der Waals surface area contributed by atoms with Crippen molar-refractivity contribution < 1.29 is 4.79 Å². The average Bonchev–Trinajstić information content (AvgIpc) is 2.71. The van der Waals surface area contributed by atoms with E-state index in [4.69, 9.17) is 0 Å². The van der Waals surface area contributed by atoms with Crippen molar-refractivity contribution in [3.05, 3.63) is 70.8 Å². The van der Waals surface area contributed by atoms with Gasteiger partial charge in [0, 0.05) is 31.1 Å². The second kappa shape index (κ2) is 10.7. The maximum absolute atomic E-state index is 12.6. The fourth-order valence-electron chi connectivity index (χ4n) is 3.71. The van der Waals surface area contributed by atoms with Gasteiger partial charge in [0.05, 0.1) is 5.92 Å². The topological polar surface area (TPSA) is 32.3 Å². The van der Waals surface area contributed by atoms with E-state index >= 15 is 0 Å². The first-order chi connectivity index (χ1) is 13.6. The predicted molar refractivity (Wildman–Crippen MR) is 120 cm³/mol. The Kier molecular flexibility index (Phi) is 7.99. The Labute approximate surface area is 173 Å². The van der Waals surface area contributed by atoms with Crippen LogP contribution in [0.3, 0.4) is 0 Å². The number of aryl methyl sites for hydroxylation is 2. The predicted octanol–water partition coefficient (Wildman–Crippen LogP) is 4.57. The number of thioether (sulfide) groups is 1. The van der Waals surface area contributed by atoms with Crippen LogP contribution in [0.25, 0.3) is 0 Å². The average molecular weight is 397 g/mol. The summed E-state index contributed by atoms with van der Waals surface area (Å²) >= 11 is 1.88. The van der Waals surface area contributed by atoms with Crippen LogP contribution in [-0.2, 0) is 17.1 Å². The van der Waals surface area contributed by atoms with Gasteiger partial charge in [0.1, 0.15) is 0 Å². The smallest absolute Gasteiger partial charge is 0.224 e. The maximum atomic E-state index is 12.6. The molecule has 0 aliphatic carbocycles. The molecule has 28 heavy (non-hydrogen) atoms. The lowest BCUT2D eigenvalue weighted by atomic mass is 9.96. The first kappa shape index (κ1) is 20.9. The van der Waals surface area contributed by atoms with E-state index < -0.39 is 0 Å². The molecule has 1 aliphatic rings. The van der Waals surface area contributed by atoms with Crippen molar-refractivity contribution in [1.82, 2.24) is 10.2 Å². The summed E-state index contributed by atoms with van der Waals surface area (Å²) < 4.78 is 0. The summed E-state index contributed by atoms with van der Waals surface area (Å²) in [5.41, 5.74) is 5.35. The molecular formula is C24H32N2OS. The summed E-state index contributed by atoms with van der Waals surface area (Å²) in [4.78, 5) is 15.0. The van der Waals surface area contributed by atoms with Gasteiger partial charge < -0.3 is 5.32 Å². The normalized spacial score (nSPS) is 17.4. The number of nitrogens with zero attached hydrogens (tertiary/aromatic N) is 1. The van der Waals surface area contributed by atoms with E-state index in [0.717, 1.165) is 50.5 Å². The van der Waals surface area contributed by atoms with Crippen molar-refractivity contribution in [3.8, 4) is 0 Å². The Bertz CT molecular complexity index is 759. The van der Waals surface area contributed by atoms with Gasteiger partial charge in [-0.15, -0.1) is 0 Å². The van der Waals surface area contributed by atoms with Crippen molar-refractivity contribution in [2.24, 2.45) is 5.92 Å². The van der Waals surface area contributed by atoms with E-state index in [2.05, 4.69) is 72.6 Å². The zero-order valence-corrected chi connectivity index (χ0v) is 17.9. The van der Waals surface area contributed by atoms with Gasteiger partial charge in [0.2, 0.25) is 5.91 Å². The molecule has 0 aromatic heterocycles. The fourth-order valence-corrected chi connectivity index (χ4v) is 4.53. The molecule has 0 spiro atoms. The molecule has 2 aromatic rings. The molecule has 0 bridgehead atoms. The van der Waals surface area contributed by atoms with Gasteiger partial charge in [-0.05, 0) is 49.9 Å². The Hall–Kier alpha value is -1.78. The van der Waals surface area contributed by atoms with Crippen LogP contribution in [0.5, 0.6) is 0 Å². The quantitative estimate of drug-likeness (QED) is 0.664. The number of hydrogen-bond donors (Lipinski definition) is 1. The summed E-state index contributed by atoms with van der Waals surface area (Å²) in [6.07, 6.45) is 2.11. The van der Waals surface area contributed by atoms with Gasteiger partial charge in [-0.2, -0.15) is 11.8 Å². The van der Waals surface area contributed by atoms with Crippen LogP contribution in [0.4, 0.5) is 0 Å². The van der Waals surface area contributed by atoms with Crippen LogP contribution in [0.2, 0.25) is 0 Å². The minimum absolute atomic E-state index is 0.125. The van der Waals surface area contributed by atoms with Crippen LogP contribution in [0, 0.1) is 19.8 Å². The molecule has 2 aromatic carbocycles. The Morgan fingerprint density at radius 3 is 2.71 bits per heavy atom. The first-order valence-electron chi connectivity index (χ1n) is 10.3. The largest absolute Gasteiger partial charge is 0.355 e. The number of hydrogen-bond acceptors (Lipinski definition) is 3. The monoisotopic (exact) mass is 396 g/mol. The summed E-state index contributed by atoms with van der Waals surface area (Å²) in [5.74, 6) is 2.31. The van der Waals surface area contributed by atoms with E-state index in [-0.39, 0.29) is 11.8 Å². The molecule has 1 N–H and O–H groups in total. The van der Waals surface area contributed by atoms with Crippen molar-refractivity contribution in [2.45, 2.75) is 39.0 Å². The number of rotatable bonds is 8. The van der Waals surface area contributed by atoms with Gasteiger partial charge in [0.25, 0.3) is 0 Å². The molecule has 150 valence electrons. The number of benzene rings is 2. The number of nitrogens with one attached hydrogen (secondary N) is 1. The Morgan fingerprint density at radius 2 is 1.93 bits per heavy atom. The maximum Gasteiger partial charge on any atom is 0.224 e. The summed E-state index contributed by atoms with van der Waals surface area (Å²) in [7, 11) is 0.